The molecule has 0 bridgehead atoms. The van der Waals surface area contributed by atoms with Crippen LogP contribution in [-0.2, 0) is 6.54 Å². The number of aryl methyl sites for hydroxylation is 1. The molecule has 5 heteroatoms. The maximum absolute atomic E-state index is 6.40. The molecule has 0 spiro atoms. The van der Waals surface area contributed by atoms with Crippen LogP contribution in [0.1, 0.15) is 30.6 Å². The van der Waals surface area contributed by atoms with Gasteiger partial charge in [-0.25, -0.2) is 0 Å². The average molecular weight is 275 g/mol. The summed E-state index contributed by atoms with van der Waals surface area (Å²) in [5.74, 6) is 1.51. The van der Waals surface area contributed by atoms with Crippen LogP contribution in [0.2, 0.25) is 0 Å². The van der Waals surface area contributed by atoms with Crippen molar-refractivity contribution in [2.75, 3.05) is 14.2 Å². The van der Waals surface area contributed by atoms with E-state index in [1.54, 1.807) is 20.4 Å². The van der Waals surface area contributed by atoms with Crippen LogP contribution in [0.15, 0.2) is 30.5 Å². The third kappa shape index (κ3) is 2.77. The van der Waals surface area contributed by atoms with Crippen LogP contribution in [0.4, 0.5) is 0 Å². The summed E-state index contributed by atoms with van der Waals surface area (Å²) >= 11 is 0. The molecule has 0 radical (unpaired) electrons. The number of aromatic nitrogens is 2. The summed E-state index contributed by atoms with van der Waals surface area (Å²) in [4.78, 5) is 0. The molecule has 108 valence electrons. The second-order valence-corrected chi connectivity index (χ2v) is 4.58. The minimum Gasteiger partial charge on any atom is -0.497 e. The van der Waals surface area contributed by atoms with E-state index in [0.717, 1.165) is 30.0 Å². The Morgan fingerprint density at radius 3 is 2.75 bits per heavy atom. The fraction of sp³-hybridized carbons (Fsp3) is 0.400. The molecule has 1 aromatic heterocycles. The number of nitrogens with zero attached hydrogens (tertiary/aromatic N) is 2. The van der Waals surface area contributed by atoms with Crippen molar-refractivity contribution in [1.82, 2.24) is 9.78 Å². The highest BCUT2D eigenvalue weighted by atomic mass is 16.5. The number of hydrogen-bond donors (Lipinski definition) is 1. The van der Waals surface area contributed by atoms with Crippen molar-refractivity contribution in [3.05, 3.63) is 41.7 Å². The summed E-state index contributed by atoms with van der Waals surface area (Å²) in [7, 11) is 3.28. The predicted molar refractivity (Wildman–Crippen MR) is 78.1 cm³/mol. The Hall–Kier alpha value is -2.01. The zero-order valence-electron chi connectivity index (χ0n) is 12.2. The van der Waals surface area contributed by atoms with Crippen molar-refractivity contribution in [3.63, 3.8) is 0 Å². The molecular formula is C15H21N3O2. The zero-order valence-corrected chi connectivity index (χ0v) is 12.2. The molecule has 0 amide bonds. The summed E-state index contributed by atoms with van der Waals surface area (Å²) in [6.45, 7) is 2.92. The topological polar surface area (TPSA) is 62.3 Å². The van der Waals surface area contributed by atoms with E-state index in [2.05, 4.69) is 12.0 Å². The second-order valence-electron chi connectivity index (χ2n) is 4.58. The van der Waals surface area contributed by atoms with Crippen molar-refractivity contribution in [1.29, 1.82) is 0 Å². The Kier molecular flexibility index (Phi) is 4.63. The van der Waals surface area contributed by atoms with Crippen molar-refractivity contribution in [3.8, 4) is 11.5 Å². The van der Waals surface area contributed by atoms with Crippen molar-refractivity contribution in [2.24, 2.45) is 5.73 Å². The van der Waals surface area contributed by atoms with Crippen LogP contribution >= 0.6 is 0 Å². The lowest BCUT2D eigenvalue weighted by Crippen LogP contribution is -2.18. The molecule has 0 aliphatic rings. The van der Waals surface area contributed by atoms with Crippen molar-refractivity contribution >= 4 is 0 Å². The van der Waals surface area contributed by atoms with Crippen LogP contribution < -0.4 is 15.2 Å². The molecule has 2 rings (SSSR count). The molecular weight excluding hydrogens is 254 g/mol. The summed E-state index contributed by atoms with van der Waals surface area (Å²) in [5.41, 5.74) is 8.26. The molecule has 1 atom stereocenters. The van der Waals surface area contributed by atoms with E-state index in [9.17, 15) is 0 Å². The fourth-order valence-corrected chi connectivity index (χ4v) is 2.23. The largest absolute Gasteiger partial charge is 0.497 e. The van der Waals surface area contributed by atoms with Crippen LogP contribution in [-0.4, -0.2) is 24.0 Å². The highest BCUT2D eigenvalue weighted by Crippen LogP contribution is 2.29. The molecule has 1 heterocycles. The van der Waals surface area contributed by atoms with Crippen molar-refractivity contribution < 1.29 is 9.47 Å². The lowest BCUT2D eigenvalue weighted by Gasteiger charge is -2.16. The zero-order chi connectivity index (χ0) is 14.5. The van der Waals surface area contributed by atoms with Gasteiger partial charge in [-0.3, -0.25) is 4.68 Å². The van der Waals surface area contributed by atoms with E-state index >= 15 is 0 Å². The Morgan fingerprint density at radius 2 is 2.10 bits per heavy atom. The van der Waals surface area contributed by atoms with Gasteiger partial charge in [-0.1, -0.05) is 19.1 Å². The number of hydrogen-bond acceptors (Lipinski definition) is 4. The predicted octanol–water partition coefficient (Wildman–Crippen LogP) is 2.36. The van der Waals surface area contributed by atoms with E-state index in [1.165, 1.54) is 0 Å². The highest BCUT2D eigenvalue weighted by Gasteiger charge is 2.20. The van der Waals surface area contributed by atoms with Crippen LogP contribution in [0.25, 0.3) is 0 Å². The average Bonchev–Trinajstić information content (AvgIpc) is 2.89. The third-order valence-electron chi connectivity index (χ3n) is 3.25. The first-order valence-corrected chi connectivity index (χ1v) is 6.70. The van der Waals surface area contributed by atoms with Gasteiger partial charge in [0.1, 0.15) is 11.4 Å². The summed E-state index contributed by atoms with van der Waals surface area (Å²) in [6.07, 6.45) is 2.70. The van der Waals surface area contributed by atoms with Gasteiger partial charge in [0, 0.05) is 6.54 Å². The van der Waals surface area contributed by atoms with Crippen LogP contribution in [0, 0.1) is 0 Å². The number of nitrogens with two attached hydrogens (primary N) is 1. The van der Waals surface area contributed by atoms with Crippen LogP contribution in [0.5, 0.6) is 11.5 Å². The number of benzene rings is 1. The maximum Gasteiger partial charge on any atom is 0.161 e. The van der Waals surface area contributed by atoms with Gasteiger partial charge in [-0.05, 0) is 24.1 Å². The van der Waals surface area contributed by atoms with Gasteiger partial charge in [0.05, 0.1) is 26.5 Å². The quantitative estimate of drug-likeness (QED) is 0.879. The summed E-state index contributed by atoms with van der Waals surface area (Å²) in [6, 6.07) is 7.45. The smallest absolute Gasteiger partial charge is 0.161 e. The van der Waals surface area contributed by atoms with E-state index in [-0.39, 0.29) is 6.04 Å². The minimum absolute atomic E-state index is 0.297. The molecule has 0 aliphatic carbocycles. The van der Waals surface area contributed by atoms with Gasteiger partial charge in [0.2, 0.25) is 0 Å². The van der Waals surface area contributed by atoms with Gasteiger partial charge in [0.25, 0.3) is 0 Å². The Bertz CT molecular complexity index is 566. The monoisotopic (exact) mass is 275 g/mol. The molecule has 1 unspecified atom stereocenters. The maximum atomic E-state index is 6.40. The first-order valence-electron chi connectivity index (χ1n) is 6.70. The highest BCUT2D eigenvalue weighted by molar-refractivity contribution is 5.39. The van der Waals surface area contributed by atoms with Crippen molar-refractivity contribution in [2.45, 2.75) is 25.9 Å². The third-order valence-corrected chi connectivity index (χ3v) is 3.25. The Balaban J connectivity index is 2.40. The molecule has 5 nitrogen and oxygen atoms in total. The number of ether oxygens (including phenoxy) is 2. The summed E-state index contributed by atoms with van der Waals surface area (Å²) in [5, 5.41) is 4.35. The first-order chi connectivity index (χ1) is 9.71. The minimum atomic E-state index is -0.297. The number of methoxy groups -OCH3 is 2. The molecule has 2 N–H and O–H groups in total. The SMILES string of the molecule is CCCn1ncc(OC)c1C(N)c1cccc(OC)c1. The second kappa shape index (κ2) is 6.43. The Morgan fingerprint density at radius 1 is 1.30 bits per heavy atom. The molecule has 0 fully saturated rings. The van der Waals surface area contributed by atoms with E-state index in [4.69, 9.17) is 15.2 Å². The van der Waals surface area contributed by atoms with E-state index in [0.29, 0.717) is 5.75 Å². The molecule has 1 aromatic carbocycles. The molecule has 20 heavy (non-hydrogen) atoms. The van der Waals surface area contributed by atoms with E-state index in [1.807, 2.05) is 28.9 Å². The molecule has 0 saturated carbocycles. The van der Waals surface area contributed by atoms with Gasteiger partial charge >= 0.3 is 0 Å². The normalized spacial score (nSPS) is 12.2. The van der Waals surface area contributed by atoms with Gasteiger partial charge < -0.3 is 15.2 Å². The van der Waals surface area contributed by atoms with Gasteiger partial charge in [-0.15, -0.1) is 0 Å². The van der Waals surface area contributed by atoms with Crippen LogP contribution in [0.3, 0.4) is 0 Å². The van der Waals surface area contributed by atoms with E-state index < -0.39 is 0 Å². The van der Waals surface area contributed by atoms with Gasteiger partial charge in [0.15, 0.2) is 5.75 Å². The molecule has 0 aliphatic heterocycles. The lowest BCUT2D eigenvalue weighted by atomic mass is 10.0. The Labute approximate surface area is 119 Å². The fourth-order valence-electron chi connectivity index (χ4n) is 2.23. The molecule has 2 aromatic rings. The molecule has 0 saturated heterocycles. The standard InChI is InChI=1S/C15H21N3O2/c1-4-8-18-15(13(20-3)10-17-18)14(16)11-6-5-7-12(9-11)19-2/h5-7,9-10,14H,4,8,16H2,1-3H3. The summed E-state index contributed by atoms with van der Waals surface area (Å²) < 4.78 is 12.5. The first kappa shape index (κ1) is 14.4. The lowest BCUT2D eigenvalue weighted by molar-refractivity contribution is 0.403. The van der Waals surface area contributed by atoms with Gasteiger partial charge in [-0.2, -0.15) is 5.10 Å². The number of rotatable bonds is 6.